The minimum absolute atomic E-state index is 0.311. The van der Waals surface area contributed by atoms with E-state index in [0.29, 0.717) is 22.7 Å². The highest BCUT2D eigenvalue weighted by Gasteiger charge is 2.42. The normalized spacial score (nSPS) is 18.9. The number of hydrogen-bond donors (Lipinski definition) is 0. The highest BCUT2D eigenvalue weighted by atomic mass is 32.1. The van der Waals surface area contributed by atoms with Gasteiger partial charge < -0.3 is 4.74 Å². The maximum absolute atomic E-state index is 5.75. The Morgan fingerprint density at radius 1 is 0.676 bits per heavy atom. The third-order valence-electron chi connectivity index (χ3n) is 8.75. The molecule has 3 heterocycles. The summed E-state index contributed by atoms with van der Waals surface area (Å²) in [7, 11) is 0. The van der Waals surface area contributed by atoms with Gasteiger partial charge in [-0.15, -0.1) is 22.7 Å². The molecule has 4 rings (SSSR count). The Balaban J connectivity index is 0.000000224. The van der Waals surface area contributed by atoms with Gasteiger partial charge in [-0.3, -0.25) is 0 Å². The van der Waals surface area contributed by atoms with Crippen LogP contribution in [0.15, 0.2) is 22.9 Å². The average Bonchev–Trinajstić information content (AvgIpc) is 3.37. The van der Waals surface area contributed by atoms with Gasteiger partial charge in [-0.1, -0.05) is 75.7 Å². The van der Waals surface area contributed by atoms with Crippen LogP contribution in [0.25, 0.3) is 0 Å². The molecule has 1 nitrogen and oxygen atoms in total. The predicted molar refractivity (Wildman–Crippen MR) is 155 cm³/mol. The summed E-state index contributed by atoms with van der Waals surface area (Å²) in [5.74, 6) is 2.84. The van der Waals surface area contributed by atoms with Crippen LogP contribution in [0.2, 0.25) is 0 Å². The Morgan fingerprint density at radius 3 is 1.68 bits per heavy atom. The van der Waals surface area contributed by atoms with Gasteiger partial charge in [0.25, 0.3) is 0 Å². The summed E-state index contributed by atoms with van der Waals surface area (Å²) < 4.78 is 5.75. The van der Waals surface area contributed by atoms with Crippen molar-refractivity contribution < 1.29 is 4.74 Å². The molecule has 1 aliphatic heterocycles. The van der Waals surface area contributed by atoms with Crippen molar-refractivity contribution in [1.82, 2.24) is 0 Å². The maximum atomic E-state index is 5.75. The van der Waals surface area contributed by atoms with Crippen LogP contribution in [0.1, 0.15) is 116 Å². The summed E-state index contributed by atoms with van der Waals surface area (Å²) in [6.07, 6.45) is 6.64. The molecule has 0 fully saturated rings. The number of aryl methyl sites for hydroxylation is 1. The summed E-state index contributed by atoms with van der Waals surface area (Å²) >= 11 is 3.83. The second-order valence-electron chi connectivity index (χ2n) is 11.2. The van der Waals surface area contributed by atoms with Gasteiger partial charge >= 0.3 is 0 Å². The lowest BCUT2D eigenvalue weighted by Crippen LogP contribution is -2.38. The fourth-order valence-corrected chi connectivity index (χ4v) is 8.85. The first kappa shape index (κ1) is 29.6. The van der Waals surface area contributed by atoms with E-state index in [4.69, 9.17) is 4.74 Å². The van der Waals surface area contributed by atoms with Crippen LogP contribution in [-0.4, -0.2) is 6.61 Å². The monoisotopic (exact) mass is 504 g/mol. The van der Waals surface area contributed by atoms with Crippen LogP contribution in [-0.2, 0) is 28.6 Å². The standard InChI is InChI=1S/C15H24S.C14H22OS.C2H6/c1-11(2)15(12(3)4)9-6-5-7-14-13(15)8-10-16-14;1-10(2)14(11(3)4)6-7-15-9-13-12(14)5-8-16-13;1-2/h8,10-12H,5-7,9H2,1-4H3;5,8,10-11H,6-7,9H2,1-4H3;1-2H3. The fourth-order valence-electron chi connectivity index (χ4n) is 6.93. The van der Waals surface area contributed by atoms with E-state index in [-0.39, 0.29) is 0 Å². The van der Waals surface area contributed by atoms with Crippen molar-refractivity contribution in [2.24, 2.45) is 23.7 Å². The molecule has 1 aliphatic carbocycles. The SMILES string of the molecule is CC.CC(C)C1(C(C)C)CCCCc2sccc21.CC(C)C1(C(C)C)CCOCc2sccc21. The molecule has 0 saturated carbocycles. The number of thiophene rings is 2. The zero-order valence-corrected chi connectivity index (χ0v) is 25.4. The van der Waals surface area contributed by atoms with Gasteiger partial charge in [0.15, 0.2) is 0 Å². The van der Waals surface area contributed by atoms with Crippen molar-refractivity contribution in [2.45, 2.75) is 119 Å². The molecule has 194 valence electrons. The van der Waals surface area contributed by atoms with E-state index in [9.17, 15) is 0 Å². The smallest absolute Gasteiger partial charge is 0.0812 e. The summed E-state index contributed by atoms with van der Waals surface area (Å²) in [4.78, 5) is 3.11. The molecule has 0 atom stereocenters. The molecule has 0 N–H and O–H groups in total. The molecule has 0 radical (unpaired) electrons. The molecule has 0 unspecified atom stereocenters. The second-order valence-corrected chi connectivity index (χ2v) is 13.2. The van der Waals surface area contributed by atoms with E-state index in [1.807, 2.05) is 36.5 Å². The first-order valence-electron chi connectivity index (χ1n) is 13.9. The van der Waals surface area contributed by atoms with Crippen molar-refractivity contribution in [3.05, 3.63) is 43.8 Å². The average molecular weight is 505 g/mol. The Morgan fingerprint density at radius 2 is 1.15 bits per heavy atom. The molecule has 0 aromatic carbocycles. The van der Waals surface area contributed by atoms with Gasteiger partial charge in [-0.2, -0.15) is 0 Å². The Bertz CT molecular complexity index is 753. The quantitative estimate of drug-likeness (QED) is 0.376. The number of ether oxygens (including phenoxy) is 1. The van der Waals surface area contributed by atoms with E-state index in [1.54, 1.807) is 16.0 Å². The third kappa shape index (κ3) is 5.68. The van der Waals surface area contributed by atoms with Crippen molar-refractivity contribution in [2.75, 3.05) is 6.61 Å². The molecule has 2 aliphatic rings. The topological polar surface area (TPSA) is 9.23 Å². The number of fused-ring (bicyclic) bond motifs is 2. The Hall–Kier alpha value is -0.640. The van der Waals surface area contributed by atoms with E-state index >= 15 is 0 Å². The van der Waals surface area contributed by atoms with Crippen molar-refractivity contribution in [3.8, 4) is 0 Å². The molecule has 0 saturated heterocycles. The lowest BCUT2D eigenvalue weighted by atomic mass is 9.63. The van der Waals surface area contributed by atoms with E-state index in [2.05, 4.69) is 78.3 Å². The lowest BCUT2D eigenvalue weighted by molar-refractivity contribution is 0.0939. The van der Waals surface area contributed by atoms with E-state index < -0.39 is 0 Å². The summed E-state index contributed by atoms with van der Waals surface area (Å²) in [5, 5.41) is 4.52. The van der Waals surface area contributed by atoms with Crippen LogP contribution in [0.3, 0.4) is 0 Å². The Kier molecular flexibility index (Phi) is 11.4. The molecule has 34 heavy (non-hydrogen) atoms. The van der Waals surface area contributed by atoms with Crippen LogP contribution < -0.4 is 0 Å². The van der Waals surface area contributed by atoms with Gasteiger partial charge in [0.2, 0.25) is 0 Å². The highest BCUT2D eigenvalue weighted by molar-refractivity contribution is 7.10. The first-order valence-corrected chi connectivity index (χ1v) is 15.6. The molecule has 2 aromatic heterocycles. The van der Waals surface area contributed by atoms with Crippen molar-refractivity contribution in [3.63, 3.8) is 0 Å². The van der Waals surface area contributed by atoms with Crippen LogP contribution in [0.4, 0.5) is 0 Å². The van der Waals surface area contributed by atoms with Gasteiger partial charge in [0, 0.05) is 27.2 Å². The van der Waals surface area contributed by atoms with E-state index in [0.717, 1.165) is 31.5 Å². The molecular formula is C31H52OS2. The van der Waals surface area contributed by atoms with Crippen LogP contribution in [0.5, 0.6) is 0 Å². The number of rotatable bonds is 4. The molecule has 0 spiro atoms. The fraction of sp³-hybridized carbons (Fsp3) is 0.742. The Labute approximate surface area is 219 Å². The van der Waals surface area contributed by atoms with Gasteiger partial charge in [-0.25, -0.2) is 0 Å². The zero-order valence-electron chi connectivity index (χ0n) is 23.8. The van der Waals surface area contributed by atoms with Crippen LogP contribution in [0, 0.1) is 23.7 Å². The summed E-state index contributed by atoms with van der Waals surface area (Å²) in [6, 6.07) is 4.74. The number of hydrogen-bond acceptors (Lipinski definition) is 3. The zero-order chi connectivity index (χ0) is 25.5. The molecule has 2 aromatic rings. The summed E-state index contributed by atoms with van der Waals surface area (Å²) in [6.45, 7) is 24.8. The first-order chi connectivity index (χ1) is 16.2. The third-order valence-corrected chi connectivity index (χ3v) is 10.6. The summed E-state index contributed by atoms with van der Waals surface area (Å²) in [5.41, 5.74) is 3.98. The van der Waals surface area contributed by atoms with Gasteiger partial charge in [-0.05, 0) is 83.4 Å². The molecule has 0 amide bonds. The maximum Gasteiger partial charge on any atom is 0.0812 e. The second kappa shape index (κ2) is 13.1. The van der Waals surface area contributed by atoms with Gasteiger partial charge in [0.05, 0.1) is 6.61 Å². The molecule has 3 heteroatoms. The minimum atomic E-state index is 0.311. The largest absolute Gasteiger partial charge is 0.376 e. The minimum Gasteiger partial charge on any atom is -0.376 e. The van der Waals surface area contributed by atoms with E-state index in [1.165, 1.54) is 30.6 Å². The van der Waals surface area contributed by atoms with Crippen molar-refractivity contribution >= 4 is 22.7 Å². The van der Waals surface area contributed by atoms with Crippen molar-refractivity contribution in [1.29, 1.82) is 0 Å². The van der Waals surface area contributed by atoms with Gasteiger partial charge in [0.1, 0.15) is 0 Å². The molecular weight excluding hydrogens is 452 g/mol. The lowest BCUT2D eigenvalue weighted by Gasteiger charge is -2.41. The highest BCUT2D eigenvalue weighted by Crippen LogP contribution is 2.49. The predicted octanol–water partition coefficient (Wildman–Crippen LogP) is 10.3. The molecule has 0 bridgehead atoms. The van der Waals surface area contributed by atoms with Crippen LogP contribution >= 0.6 is 22.7 Å².